The Labute approximate surface area is 117 Å². The van der Waals surface area contributed by atoms with E-state index in [1.54, 1.807) is 0 Å². The predicted octanol–water partition coefficient (Wildman–Crippen LogP) is 4.16. The Morgan fingerprint density at radius 2 is 1.95 bits per heavy atom. The van der Waals surface area contributed by atoms with Crippen molar-refractivity contribution in [1.29, 1.82) is 0 Å². The predicted molar refractivity (Wildman–Crippen MR) is 78.1 cm³/mol. The van der Waals surface area contributed by atoms with Crippen LogP contribution in [0.3, 0.4) is 0 Å². The summed E-state index contributed by atoms with van der Waals surface area (Å²) in [4.78, 5) is 0. The van der Waals surface area contributed by atoms with E-state index in [-0.39, 0.29) is 0 Å². The Morgan fingerprint density at radius 3 is 2.53 bits per heavy atom. The molecular weight excluding hydrogens is 236 g/mol. The van der Waals surface area contributed by atoms with E-state index in [1.807, 2.05) is 13.8 Å². The lowest BCUT2D eigenvalue weighted by atomic mass is 9.79. The number of hydrogen-bond acceptors (Lipinski definition) is 3. The van der Waals surface area contributed by atoms with Crippen molar-refractivity contribution in [2.45, 2.75) is 72.4 Å². The second-order valence-corrected chi connectivity index (χ2v) is 6.49. The van der Waals surface area contributed by atoms with Crippen LogP contribution in [0.5, 0.6) is 0 Å². The minimum absolute atomic E-state index is 0.335. The van der Waals surface area contributed by atoms with Gasteiger partial charge in [0, 0.05) is 17.6 Å². The average molecular weight is 264 g/mol. The van der Waals surface area contributed by atoms with Crippen LogP contribution in [0, 0.1) is 25.7 Å². The molecule has 0 aliphatic heterocycles. The Hall–Kier alpha value is -0.830. The highest BCUT2D eigenvalue weighted by molar-refractivity contribution is 5.24. The summed E-state index contributed by atoms with van der Waals surface area (Å²) >= 11 is 0. The smallest absolute Gasteiger partial charge is 0.138 e. The van der Waals surface area contributed by atoms with Gasteiger partial charge in [0.2, 0.25) is 0 Å². The van der Waals surface area contributed by atoms with Crippen molar-refractivity contribution in [1.82, 2.24) is 10.5 Å². The van der Waals surface area contributed by atoms with Crippen molar-refractivity contribution in [2.75, 3.05) is 0 Å². The molecule has 2 rings (SSSR count). The monoisotopic (exact) mass is 264 g/mol. The van der Waals surface area contributed by atoms with E-state index in [9.17, 15) is 0 Å². The van der Waals surface area contributed by atoms with Gasteiger partial charge in [-0.2, -0.15) is 0 Å². The van der Waals surface area contributed by atoms with E-state index in [4.69, 9.17) is 4.52 Å². The molecule has 1 N–H and O–H groups in total. The van der Waals surface area contributed by atoms with Crippen LogP contribution in [0.15, 0.2) is 4.52 Å². The summed E-state index contributed by atoms with van der Waals surface area (Å²) in [7, 11) is 0. The van der Waals surface area contributed by atoms with Gasteiger partial charge in [0.15, 0.2) is 0 Å². The van der Waals surface area contributed by atoms with Gasteiger partial charge in [-0.1, -0.05) is 31.8 Å². The van der Waals surface area contributed by atoms with Crippen molar-refractivity contribution in [3.63, 3.8) is 0 Å². The second-order valence-electron chi connectivity index (χ2n) is 6.49. The van der Waals surface area contributed by atoms with Crippen LogP contribution in [0.2, 0.25) is 0 Å². The summed E-state index contributed by atoms with van der Waals surface area (Å²) in [6, 6.07) is 0.979. The summed E-state index contributed by atoms with van der Waals surface area (Å²) in [5, 5.41) is 7.85. The van der Waals surface area contributed by atoms with E-state index in [0.29, 0.717) is 12.1 Å². The maximum Gasteiger partial charge on any atom is 0.138 e. The molecule has 1 saturated carbocycles. The maximum absolute atomic E-state index is 5.27. The Balaban J connectivity index is 1.97. The third-order valence-electron chi connectivity index (χ3n) is 4.66. The fourth-order valence-corrected chi connectivity index (χ4v) is 3.53. The zero-order valence-corrected chi connectivity index (χ0v) is 13.0. The minimum Gasteiger partial charge on any atom is -0.361 e. The van der Waals surface area contributed by atoms with Gasteiger partial charge in [0.1, 0.15) is 5.76 Å². The first-order valence-corrected chi connectivity index (χ1v) is 7.67. The van der Waals surface area contributed by atoms with E-state index in [0.717, 1.165) is 23.3 Å². The second kappa shape index (κ2) is 6.08. The molecule has 1 aromatic rings. The van der Waals surface area contributed by atoms with Crippen LogP contribution >= 0.6 is 0 Å². The van der Waals surface area contributed by atoms with Gasteiger partial charge in [-0.15, -0.1) is 0 Å². The zero-order chi connectivity index (χ0) is 14.0. The Kier molecular flexibility index (Phi) is 4.67. The largest absolute Gasteiger partial charge is 0.361 e. The highest BCUT2D eigenvalue weighted by atomic mass is 16.5. The molecule has 1 aliphatic rings. The zero-order valence-electron chi connectivity index (χ0n) is 13.0. The van der Waals surface area contributed by atoms with E-state index < -0.39 is 0 Å². The molecule has 3 heteroatoms. The normalized spacial score (nSPS) is 25.8. The molecule has 19 heavy (non-hydrogen) atoms. The molecule has 108 valence electrons. The number of nitrogens with one attached hydrogen (secondary N) is 1. The lowest BCUT2D eigenvalue weighted by Gasteiger charge is -2.34. The molecule has 1 aliphatic carbocycles. The van der Waals surface area contributed by atoms with Crippen molar-refractivity contribution < 1.29 is 4.52 Å². The van der Waals surface area contributed by atoms with Crippen molar-refractivity contribution >= 4 is 0 Å². The van der Waals surface area contributed by atoms with Gasteiger partial charge in [0.25, 0.3) is 0 Å². The molecule has 1 heterocycles. The lowest BCUT2D eigenvalue weighted by molar-refractivity contribution is 0.222. The summed E-state index contributed by atoms with van der Waals surface area (Å²) in [5.74, 6) is 2.64. The molecular formula is C16H28N2O. The molecule has 0 radical (unpaired) electrons. The fourth-order valence-electron chi connectivity index (χ4n) is 3.53. The van der Waals surface area contributed by atoms with Crippen LogP contribution in [0.25, 0.3) is 0 Å². The average Bonchev–Trinajstić information content (AvgIpc) is 2.69. The third kappa shape index (κ3) is 3.38. The molecule has 3 atom stereocenters. The number of aromatic nitrogens is 1. The molecule has 0 aromatic carbocycles. The van der Waals surface area contributed by atoms with Crippen molar-refractivity contribution in [2.24, 2.45) is 11.8 Å². The van der Waals surface area contributed by atoms with Crippen LogP contribution in [0.4, 0.5) is 0 Å². The molecule has 1 aromatic heterocycles. The molecule has 0 saturated heterocycles. The number of rotatable bonds is 4. The summed E-state index contributed by atoms with van der Waals surface area (Å²) in [5.41, 5.74) is 2.26. The first-order chi connectivity index (χ1) is 8.99. The quantitative estimate of drug-likeness (QED) is 0.887. The minimum atomic E-state index is 0.335. The molecule has 0 spiro atoms. The van der Waals surface area contributed by atoms with E-state index in [1.165, 1.54) is 31.2 Å². The van der Waals surface area contributed by atoms with Gasteiger partial charge in [0.05, 0.1) is 5.69 Å². The summed E-state index contributed by atoms with van der Waals surface area (Å²) in [6.45, 7) is 11.0. The van der Waals surface area contributed by atoms with Gasteiger partial charge < -0.3 is 9.84 Å². The maximum atomic E-state index is 5.27. The van der Waals surface area contributed by atoms with E-state index >= 15 is 0 Å². The first-order valence-electron chi connectivity index (χ1n) is 7.67. The number of nitrogens with zero attached hydrogens (tertiary/aromatic N) is 1. The highest BCUT2D eigenvalue weighted by Gasteiger charge is 2.26. The SMILES string of the molecule is Cc1noc(C)c1C(C)NC1CCCC(C(C)C)C1. The fraction of sp³-hybridized carbons (Fsp3) is 0.812. The topological polar surface area (TPSA) is 38.1 Å². The first kappa shape index (κ1) is 14.6. The number of aryl methyl sites for hydroxylation is 2. The Bertz CT molecular complexity index is 391. The molecule has 1 fully saturated rings. The van der Waals surface area contributed by atoms with E-state index in [2.05, 4.69) is 31.2 Å². The van der Waals surface area contributed by atoms with Crippen LogP contribution in [0.1, 0.15) is 69.5 Å². The Morgan fingerprint density at radius 1 is 1.21 bits per heavy atom. The highest BCUT2D eigenvalue weighted by Crippen LogP contribution is 2.31. The van der Waals surface area contributed by atoms with Crippen molar-refractivity contribution in [3.8, 4) is 0 Å². The van der Waals surface area contributed by atoms with Gasteiger partial charge in [-0.25, -0.2) is 0 Å². The van der Waals surface area contributed by atoms with Crippen LogP contribution in [-0.4, -0.2) is 11.2 Å². The van der Waals surface area contributed by atoms with Gasteiger partial charge in [-0.3, -0.25) is 0 Å². The van der Waals surface area contributed by atoms with Crippen molar-refractivity contribution in [3.05, 3.63) is 17.0 Å². The lowest BCUT2D eigenvalue weighted by Crippen LogP contribution is -2.37. The van der Waals surface area contributed by atoms with Gasteiger partial charge >= 0.3 is 0 Å². The van der Waals surface area contributed by atoms with Crippen LogP contribution < -0.4 is 5.32 Å². The molecule has 3 unspecified atom stereocenters. The third-order valence-corrected chi connectivity index (χ3v) is 4.66. The molecule has 0 bridgehead atoms. The van der Waals surface area contributed by atoms with Gasteiger partial charge in [-0.05, 0) is 45.4 Å². The summed E-state index contributed by atoms with van der Waals surface area (Å²) < 4.78 is 5.27. The molecule has 0 amide bonds. The van der Waals surface area contributed by atoms with Crippen LogP contribution in [-0.2, 0) is 0 Å². The molecule has 3 nitrogen and oxygen atoms in total. The number of hydrogen-bond donors (Lipinski definition) is 1. The standard InChI is InChI=1S/C16H28N2O/c1-10(2)14-7-6-8-15(9-14)17-11(3)16-12(4)18-19-13(16)5/h10-11,14-15,17H,6-9H2,1-5H3. The summed E-state index contributed by atoms with van der Waals surface area (Å²) in [6.07, 6.45) is 5.37.